The topological polar surface area (TPSA) is 55.4 Å². The van der Waals surface area contributed by atoms with E-state index in [4.69, 9.17) is 4.74 Å². The number of Topliss-reactive ketones (excluding diaryl/α,β-unsaturated/α-hetero) is 1. The molecule has 0 aliphatic rings. The van der Waals surface area contributed by atoms with Crippen molar-refractivity contribution in [2.45, 2.75) is 38.3 Å². The second-order valence-corrected chi connectivity index (χ2v) is 8.79. The zero-order valence-electron chi connectivity index (χ0n) is 19.9. The number of carbonyl (C=O) groups excluding carboxylic acids is 2. The standard InChI is InChI=1S/C30H33NO3/c1-4-20-34-29(33)22-28(32)27(21-23(2)3)31-30(24-14-8-5-9-15-24,25-16-10-6-11-17-25)26-18-12-7-13-19-26/h4-19,23,27,31H,1,20-22H2,2-3H3/t27-/m0/s1. The lowest BCUT2D eigenvalue weighted by Crippen LogP contribution is -2.53. The molecule has 1 atom stereocenters. The first kappa shape index (κ1) is 25.1. The molecular formula is C30H33NO3. The molecule has 0 aliphatic carbocycles. The van der Waals surface area contributed by atoms with Gasteiger partial charge < -0.3 is 4.74 Å². The van der Waals surface area contributed by atoms with Crippen molar-refractivity contribution < 1.29 is 14.3 Å². The summed E-state index contributed by atoms with van der Waals surface area (Å²) in [6.45, 7) is 7.81. The minimum absolute atomic E-state index is 0.0936. The molecule has 4 nitrogen and oxygen atoms in total. The number of ether oxygens (including phenoxy) is 1. The van der Waals surface area contributed by atoms with Gasteiger partial charge in [-0.2, -0.15) is 0 Å². The highest BCUT2D eigenvalue weighted by molar-refractivity contribution is 5.98. The Labute approximate surface area is 202 Å². The summed E-state index contributed by atoms with van der Waals surface area (Å²) in [5, 5.41) is 3.73. The summed E-state index contributed by atoms with van der Waals surface area (Å²) in [5.74, 6) is -0.481. The molecule has 34 heavy (non-hydrogen) atoms. The van der Waals surface area contributed by atoms with Crippen LogP contribution >= 0.6 is 0 Å². The lowest BCUT2D eigenvalue weighted by atomic mass is 9.75. The summed E-state index contributed by atoms with van der Waals surface area (Å²) in [6.07, 6.45) is 1.80. The van der Waals surface area contributed by atoms with Gasteiger partial charge in [0.1, 0.15) is 13.0 Å². The Balaban J connectivity index is 2.13. The third-order valence-electron chi connectivity index (χ3n) is 5.79. The fraction of sp³-hybridized carbons (Fsp3) is 0.267. The highest BCUT2D eigenvalue weighted by Crippen LogP contribution is 2.37. The van der Waals surface area contributed by atoms with E-state index in [1.54, 1.807) is 0 Å². The maximum absolute atomic E-state index is 13.4. The number of esters is 1. The van der Waals surface area contributed by atoms with Crippen molar-refractivity contribution in [3.05, 3.63) is 120 Å². The number of nitrogens with one attached hydrogen (secondary N) is 1. The van der Waals surface area contributed by atoms with Crippen LogP contribution in [0.3, 0.4) is 0 Å². The number of benzene rings is 3. The predicted molar refractivity (Wildman–Crippen MR) is 136 cm³/mol. The van der Waals surface area contributed by atoms with Crippen LogP contribution in [0.4, 0.5) is 0 Å². The molecule has 0 bridgehead atoms. The summed E-state index contributed by atoms with van der Waals surface area (Å²) in [6, 6.07) is 29.8. The van der Waals surface area contributed by atoms with Crippen LogP contribution in [-0.4, -0.2) is 24.4 Å². The molecule has 0 aromatic heterocycles. The van der Waals surface area contributed by atoms with Crippen LogP contribution in [0.15, 0.2) is 104 Å². The van der Waals surface area contributed by atoms with E-state index in [-0.39, 0.29) is 24.7 Å². The molecule has 3 rings (SSSR count). The molecule has 3 aromatic carbocycles. The highest BCUT2D eigenvalue weighted by Gasteiger charge is 2.40. The molecule has 0 spiro atoms. The Morgan fingerprint density at radius 1 is 0.853 bits per heavy atom. The van der Waals surface area contributed by atoms with E-state index in [0.717, 1.165) is 16.7 Å². The summed E-state index contributed by atoms with van der Waals surface area (Å²) in [7, 11) is 0. The monoisotopic (exact) mass is 455 g/mol. The van der Waals surface area contributed by atoms with E-state index in [2.05, 4.69) is 62.1 Å². The summed E-state index contributed by atoms with van der Waals surface area (Å²) < 4.78 is 5.10. The van der Waals surface area contributed by atoms with Gasteiger partial charge in [0.2, 0.25) is 0 Å². The Morgan fingerprint density at radius 2 is 1.29 bits per heavy atom. The van der Waals surface area contributed by atoms with Crippen molar-refractivity contribution in [3.63, 3.8) is 0 Å². The molecule has 0 aliphatic heterocycles. The van der Waals surface area contributed by atoms with Crippen LogP contribution in [-0.2, 0) is 19.9 Å². The number of rotatable bonds is 12. The van der Waals surface area contributed by atoms with Gasteiger partial charge in [-0.25, -0.2) is 0 Å². The molecular weight excluding hydrogens is 422 g/mol. The lowest BCUT2D eigenvalue weighted by Gasteiger charge is -2.40. The fourth-order valence-electron chi connectivity index (χ4n) is 4.29. The molecule has 0 saturated heterocycles. The lowest BCUT2D eigenvalue weighted by molar-refractivity contribution is -0.145. The van der Waals surface area contributed by atoms with Crippen molar-refractivity contribution in [1.82, 2.24) is 5.32 Å². The molecule has 176 valence electrons. The van der Waals surface area contributed by atoms with Crippen LogP contribution in [0.25, 0.3) is 0 Å². The van der Waals surface area contributed by atoms with Crippen molar-refractivity contribution >= 4 is 11.8 Å². The van der Waals surface area contributed by atoms with Crippen LogP contribution < -0.4 is 5.32 Å². The zero-order valence-corrected chi connectivity index (χ0v) is 19.9. The van der Waals surface area contributed by atoms with Gasteiger partial charge in [-0.3, -0.25) is 14.9 Å². The third-order valence-corrected chi connectivity index (χ3v) is 5.79. The van der Waals surface area contributed by atoms with Crippen LogP contribution in [0.1, 0.15) is 43.4 Å². The minimum Gasteiger partial charge on any atom is -0.461 e. The van der Waals surface area contributed by atoms with E-state index in [1.165, 1.54) is 6.08 Å². The SMILES string of the molecule is C=CCOC(=O)CC(=O)[C@H](CC(C)C)NC(c1ccccc1)(c1ccccc1)c1ccccc1. The van der Waals surface area contributed by atoms with Gasteiger partial charge in [-0.15, -0.1) is 0 Å². The second-order valence-electron chi connectivity index (χ2n) is 8.79. The molecule has 3 aromatic rings. The molecule has 0 saturated carbocycles. The highest BCUT2D eigenvalue weighted by atomic mass is 16.5. The maximum Gasteiger partial charge on any atom is 0.313 e. The van der Waals surface area contributed by atoms with Crippen LogP contribution in [0.5, 0.6) is 0 Å². The van der Waals surface area contributed by atoms with Crippen LogP contribution in [0, 0.1) is 5.92 Å². The average molecular weight is 456 g/mol. The first-order valence-corrected chi connectivity index (χ1v) is 11.7. The molecule has 1 N–H and O–H groups in total. The van der Waals surface area contributed by atoms with E-state index < -0.39 is 17.6 Å². The zero-order chi connectivity index (χ0) is 24.4. The maximum atomic E-state index is 13.4. The molecule has 4 heteroatoms. The Hall–Kier alpha value is -3.50. The second kappa shape index (κ2) is 12.1. The Bertz CT molecular complexity index is 965. The summed E-state index contributed by atoms with van der Waals surface area (Å²) in [5.41, 5.74) is 2.26. The van der Waals surface area contributed by atoms with Crippen molar-refractivity contribution in [3.8, 4) is 0 Å². The minimum atomic E-state index is -0.788. The van der Waals surface area contributed by atoms with E-state index in [9.17, 15) is 9.59 Å². The predicted octanol–water partition coefficient (Wildman–Crippen LogP) is 5.67. The summed E-state index contributed by atoms with van der Waals surface area (Å²) in [4.78, 5) is 25.7. The average Bonchev–Trinajstić information content (AvgIpc) is 2.86. The smallest absolute Gasteiger partial charge is 0.313 e. The Morgan fingerprint density at radius 3 is 1.68 bits per heavy atom. The molecule has 0 amide bonds. The van der Waals surface area contributed by atoms with Crippen molar-refractivity contribution in [1.29, 1.82) is 0 Å². The van der Waals surface area contributed by atoms with E-state index >= 15 is 0 Å². The number of hydrogen-bond donors (Lipinski definition) is 1. The van der Waals surface area contributed by atoms with Gasteiger partial charge in [0.05, 0.1) is 11.6 Å². The number of ketones is 1. The molecule has 0 unspecified atom stereocenters. The Kier molecular flexibility index (Phi) is 8.94. The van der Waals surface area contributed by atoms with Gasteiger partial charge >= 0.3 is 5.97 Å². The van der Waals surface area contributed by atoms with E-state index in [1.807, 2.05) is 54.6 Å². The number of carbonyl (C=O) groups is 2. The summed E-state index contributed by atoms with van der Waals surface area (Å²) >= 11 is 0. The van der Waals surface area contributed by atoms with Gasteiger partial charge in [-0.1, -0.05) is 117 Å². The van der Waals surface area contributed by atoms with Gasteiger partial charge in [0, 0.05) is 0 Å². The first-order chi connectivity index (χ1) is 16.5. The number of hydrogen-bond acceptors (Lipinski definition) is 4. The van der Waals surface area contributed by atoms with Crippen molar-refractivity contribution in [2.75, 3.05) is 6.61 Å². The first-order valence-electron chi connectivity index (χ1n) is 11.7. The van der Waals surface area contributed by atoms with Crippen molar-refractivity contribution in [2.24, 2.45) is 5.92 Å². The fourth-order valence-corrected chi connectivity index (χ4v) is 4.29. The molecule has 0 fully saturated rings. The van der Waals surface area contributed by atoms with Crippen LogP contribution in [0.2, 0.25) is 0 Å². The molecule has 0 radical (unpaired) electrons. The van der Waals surface area contributed by atoms with Gasteiger partial charge in [-0.05, 0) is 29.0 Å². The van der Waals surface area contributed by atoms with E-state index in [0.29, 0.717) is 6.42 Å². The third kappa shape index (κ3) is 6.09. The normalized spacial score (nSPS) is 12.2. The largest absolute Gasteiger partial charge is 0.461 e. The van der Waals surface area contributed by atoms with Gasteiger partial charge in [0.15, 0.2) is 5.78 Å². The van der Waals surface area contributed by atoms with Gasteiger partial charge in [0.25, 0.3) is 0 Å². The molecule has 0 heterocycles. The quantitative estimate of drug-likeness (QED) is 0.165.